The third-order valence-electron chi connectivity index (χ3n) is 10.6. The summed E-state index contributed by atoms with van der Waals surface area (Å²) < 4.78 is 11.7. The number of benzene rings is 8. The summed E-state index contributed by atoms with van der Waals surface area (Å²) >= 11 is 1.85. The van der Waals surface area contributed by atoms with Crippen LogP contribution in [0.5, 0.6) is 0 Å². The van der Waals surface area contributed by atoms with Crippen LogP contribution in [0.25, 0.3) is 114 Å². The number of hydrogen-bond acceptors (Lipinski definition) is 4. The van der Waals surface area contributed by atoms with Crippen LogP contribution >= 0.6 is 11.3 Å². The van der Waals surface area contributed by atoms with Crippen molar-refractivity contribution in [3.8, 4) is 17.2 Å². The second-order valence-corrected chi connectivity index (χ2v) is 14.4. The lowest BCUT2D eigenvalue weighted by atomic mass is 10.0. The van der Waals surface area contributed by atoms with Crippen molar-refractivity contribution in [2.75, 3.05) is 0 Å². The molecule has 8 aromatic carbocycles. The van der Waals surface area contributed by atoms with E-state index in [-0.39, 0.29) is 0 Å². The Balaban J connectivity index is 1.24. The molecule has 0 atom stereocenters. The van der Waals surface area contributed by atoms with E-state index >= 15 is 0 Å². The Morgan fingerprint density at radius 3 is 2.12 bits per heavy atom. The fourth-order valence-electron chi connectivity index (χ4n) is 8.22. The van der Waals surface area contributed by atoms with E-state index in [1.54, 1.807) is 0 Å². The van der Waals surface area contributed by atoms with Gasteiger partial charge in [0.15, 0.2) is 5.58 Å². The fraction of sp³-hybridized carbons (Fsp3) is 0. The molecule has 0 aliphatic rings. The van der Waals surface area contributed by atoms with E-state index in [1.165, 1.54) is 47.1 Å². The van der Waals surface area contributed by atoms with Crippen LogP contribution < -0.4 is 0 Å². The van der Waals surface area contributed by atoms with E-state index in [0.29, 0.717) is 11.5 Å². The van der Waals surface area contributed by atoms with Crippen LogP contribution in [0.4, 0.5) is 0 Å². The van der Waals surface area contributed by atoms with Gasteiger partial charge in [-0.05, 0) is 69.4 Å². The number of para-hydroxylation sites is 1. The summed E-state index contributed by atoms with van der Waals surface area (Å²) in [5, 5.41) is 12.9. The quantitative estimate of drug-likeness (QED) is 0.184. The molecule has 0 spiro atoms. The molecule has 236 valence electrons. The van der Waals surface area contributed by atoms with E-state index in [4.69, 9.17) is 14.4 Å². The first-order valence-electron chi connectivity index (χ1n) is 17.2. The lowest BCUT2D eigenvalue weighted by molar-refractivity contribution is 0.670. The fourth-order valence-corrected chi connectivity index (χ4v) is 9.34. The van der Waals surface area contributed by atoms with Gasteiger partial charge in [-0.25, -0.2) is 9.97 Å². The van der Waals surface area contributed by atoms with Gasteiger partial charge in [0.1, 0.15) is 16.8 Å². The van der Waals surface area contributed by atoms with Crippen LogP contribution in [0.3, 0.4) is 0 Å². The van der Waals surface area contributed by atoms with Crippen LogP contribution in [0.1, 0.15) is 0 Å². The van der Waals surface area contributed by atoms with Crippen LogP contribution in [0, 0.1) is 0 Å². The summed E-state index contributed by atoms with van der Waals surface area (Å²) in [6, 6.07) is 54.2. The van der Waals surface area contributed by atoms with Crippen molar-refractivity contribution < 1.29 is 4.42 Å². The lowest BCUT2D eigenvalue weighted by Crippen LogP contribution is -2.03. The summed E-state index contributed by atoms with van der Waals surface area (Å²) in [4.78, 5) is 10.8. The van der Waals surface area contributed by atoms with Crippen LogP contribution in [0.15, 0.2) is 156 Å². The van der Waals surface area contributed by atoms with Gasteiger partial charge in [-0.1, -0.05) is 109 Å². The molecule has 0 amide bonds. The van der Waals surface area contributed by atoms with Crippen molar-refractivity contribution in [2.24, 2.45) is 0 Å². The van der Waals surface area contributed by atoms with Crippen LogP contribution in [0.2, 0.25) is 0 Å². The van der Waals surface area contributed by atoms with Crippen molar-refractivity contribution >= 4 is 108 Å². The highest BCUT2D eigenvalue weighted by Gasteiger charge is 2.23. The number of hydrogen-bond donors (Lipinski definition) is 0. The van der Waals surface area contributed by atoms with Crippen molar-refractivity contribution in [1.82, 2.24) is 14.5 Å². The van der Waals surface area contributed by atoms with Crippen molar-refractivity contribution in [3.05, 3.63) is 152 Å². The average molecular weight is 668 g/mol. The zero-order valence-electron chi connectivity index (χ0n) is 27.1. The van der Waals surface area contributed by atoms with Gasteiger partial charge in [-0.2, -0.15) is 0 Å². The number of nitrogens with zero attached hydrogens (tertiary/aromatic N) is 3. The van der Waals surface area contributed by atoms with Gasteiger partial charge in [0.25, 0.3) is 0 Å². The summed E-state index contributed by atoms with van der Waals surface area (Å²) in [6.07, 6.45) is 0. The van der Waals surface area contributed by atoms with Crippen LogP contribution in [-0.4, -0.2) is 14.5 Å². The summed E-state index contributed by atoms with van der Waals surface area (Å²) in [5.74, 6) is 0.620. The van der Waals surface area contributed by atoms with E-state index in [1.807, 2.05) is 11.3 Å². The Morgan fingerprint density at radius 2 is 1.20 bits per heavy atom. The molecule has 0 saturated heterocycles. The second-order valence-electron chi connectivity index (χ2n) is 13.4. The van der Waals surface area contributed by atoms with Crippen molar-refractivity contribution in [2.45, 2.75) is 0 Å². The summed E-state index contributed by atoms with van der Waals surface area (Å²) in [5.41, 5.74) is 6.24. The van der Waals surface area contributed by atoms with E-state index in [9.17, 15) is 0 Å². The highest BCUT2D eigenvalue weighted by molar-refractivity contribution is 7.26. The van der Waals surface area contributed by atoms with Crippen molar-refractivity contribution in [3.63, 3.8) is 0 Å². The first kappa shape index (κ1) is 27.3. The Labute approximate surface area is 294 Å². The van der Waals surface area contributed by atoms with Gasteiger partial charge < -0.3 is 4.42 Å². The van der Waals surface area contributed by atoms with Gasteiger partial charge in [0.05, 0.1) is 11.0 Å². The largest absolute Gasteiger partial charge is 0.451 e. The molecule has 4 heterocycles. The van der Waals surface area contributed by atoms with Gasteiger partial charge in [0, 0.05) is 47.3 Å². The maximum absolute atomic E-state index is 6.82. The molecule has 0 aliphatic heterocycles. The monoisotopic (exact) mass is 667 g/mol. The molecule has 12 aromatic rings. The highest BCUT2D eigenvalue weighted by Crippen LogP contribution is 2.43. The molecule has 0 saturated carbocycles. The first-order valence-corrected chi connectivity index (χ1v) is 18.0. The molecule has 12 rings (SSSR count). The number of fused-ring (bicyclic) bond motifs is 14. The van der Waals surface area contributed by atoms with E-state index in [2.05, 4.69) is 156 Å². The molecule has 4 nitrogen and oxygen atoms in total. The minimum absolute atomic E-state index is 0.620. The first-order chi connectivity index (χ1) is 25.3. The molecule has 0 aliphatic carbocycles. The molecule has 0 fully saturated rings. The predicted molar refractivity (Wildman–Crippen MR) is 214 cm³/mol. The van der Waals surface area contributed by atoms with Gasteiger partial charge >= 0.3 is 0 Å². The maximum Gasteiger partial charge on any atom is 0.236 e. The number of furan rings is 1. The maximum atomic E-state index is 6.82. The molecule has 4 aromatic heterocycles. The number of thiophene rings is 1. The minimum atomic E-state index is 0.620. The summed E-state index contributed by atoms with van der Waals surface area (Å²) in [7, 11) is 0. The van der Waals surface area contributed by atoms with Crippen LogP contribution in [-0.2, 0) is 0 Å². The minimum Gasteiger partial charge on any atom is -0.451 e. The molecule has 51 heavy (non-hydrogen) atoms. The molecule has 0 unspecified atom stereocenters. The Bertz CT molecular complexity index is 3440. The lowest BCUT2D eigenvalue weighted by Gasteiger charge is -2.10. The van der Waals surface area contributed by atoms with Gasteiger partial charge in [-0.15, -0.1) is 11.3 Å². The Hall–Kier alpha value is -6.56. The number of aromatic nitrogens is 3. The standard InChI is InChI=1S/C46H25N3OS/c1-2-11-28-23-30(18-17-26(28)9-1)42-45-43(34-21-19-27-10-3-4-12-31(27)44(34)50-45)48-46(47-42)49-37-15-7-5-13-32(37)36-24-29-20-22-40-41(35(29)25-38(36)49)33-14-6-8-16-39(33)51-40/h1-25H. The highest BCUT2D eigenvalue weighted by atomic mass is 32.1. The molecular weight excluding hydrogens is 643 g/mol. The molecule has 0 N–H and O–H groups in total. The average Bonchev–Trinajstić information content (AvgIpc) is 3.86. The normalized spacial score (nSPS) is 12.3. The van der Waals surface area contributed by atoms with Crippen molar-refractivity contribution in [1.29, 1.82) is 0 Å². The van der Waals surface area contributed by atoms with Gasteiger partial charge in [-0.3, -0.25) is 4.57 Å². The predicted octanol–water partition coefficient (Wildman–Crippen LogP) is 13.0. The zero-order valence-corrected chi connectivity index (χ0v) is 27.9. The van der Waals surface area contributed by atoms with Gasteiger partial charge in [0.2, 0.25) is 5.95 Å². The second kappa shape index (κ2) is 10.0. The SMILES string of the molecule is c1ccc2cc(-c3nc(-n4c5ccccc5c5cc6ccc7sc8ccccc8c7c6cc54)nc4c3oc3c5ccccc5ccc43)ccc2c1. The third-order valence-corrected chi connectivity index (χ3v) is 11.7. The third kappa shape index (κ3) is 3.78. The van der Waals surface area contributed by atoms with E-state index in [0.717, 1.165) is 54.9 Å². The molecular formula is C46H25N3OS. The Morgan fingerprint density at radius 1 is 0.451 bits per heavy atom. The van der Waals surface area contributed by atoms with E-state index < -0.39 is 0 Å². The zero-order chi connectivity index (χ0) is 33.2. The molecule has 0 radical (unpaired) electrons. The molecule has 0 bridgehead atoms. The molecule has 5 heteroatoms. The summed E-state index contributed by atoms with van der Waals surface area (Å²) in [6.45, 7) is 0. The Kier molecular flexibility index (Phi) is 5.35. The smallest absolute Gasteiger partial charge is 0.236 e. The topological polar surface area (TPSA) is 43.9 Å². The number of rotatable bonds is 2.